The fourth-order valence-electron chi connectivity index (χ4n) is 11.1. The van der Waals surface area contributed by atoms with E-state index < -0.39 is 10.4 Å². The van der Waals surface area contributed by atoms with Gasteiger partial charge in [-0.15, -0.1) is 0 Å². The Balaban J connectivity index is 0.000000130. The van der Waals surface area contributed by atoms with Gasteiger partial charge >= 0.3 is 10.4 Å². The topological polar surface area (TPSA) is 136 Å². The van der Waals surface area contributed by atoms with E-state index >= 15 is 0 Å². The monoisotopic (exact) mass is 724 g/mol. The third kappa shape index (κ3) is 5.03. The van der Waals surface area contributed by atoms with Crippen LogP contribution in [0.25, 0.3) is 0 Å². The van der Waals surface area contributed by atoms with Crippen molar-refractivity contribution in [3.05, 3.63) is 70.8 Å². The molecule has 2 aromatic rings. The van der Waals surface area contributed by atoms with Crippen LogP contribution >= 0.6 is 0 Å². The fraction of sp³-hybridized carbons (Fsp3) is 0.579. The van der Waals surface area contributed by atoms with Crippen molar-refractivity contribution in [2.45, 2.75) is 73.0 Å². The van der Waals surface area contributed by atoms with Gasteiger partial charge in [0.25, 0.3) is 0 Å². The highest BCUT2D eigenvalue weighted by Crippen LogP contribution is 2.64. The van der Waals surface area contributed by atoms with E-state index in [4.69, 9.17) is 45.9 Å². The van der Waals surface area contributed by atoms with Gasteiger partial charge < -0.3 is 38.2 Å². The van der Waals surface area contributed by atoms with Gasteiger partial charge in [-0.05, 0) is 76.1 Å². The number of nitrogens with zero attached hydrogens (tertiary/aromatic N) is 2. The molecule has 0 amide bonds. The van der Waals surface area contributed by atoms with Crippen LogP contribution in [-0.4, -0.2) is 119 Å². The van der Waals surface area contributed by atoms with E-state index in [0.29, 0.717) is 23.9 Å². The first-order valence-electron chi connectivity index (χ1n) is 17.7. The summed E-state index contributed by atoms with van der Waals surface area (Å²) in [5, 5.41) is 0. The van der Waals surface area contributed by atoms with Crippen molar-refractivity contribution in [3.63, 3.8) is 0 Å². The van der Waals surface area contributed by atoms with Crippen molar-refractivity contribution in [2.24, 2.45) is 11.8 Å². The Hall–Kier alpha value is -3.17. The lowest BCUT2D eigenvalue weighted by Gasteiger charge is -2.56. The van der Waals surface area contributed by atoms with Crippen LogP contribution in [0.15, 0.2) is 48.6 Å². The molecule has 2 spiro atoms. The first kappa shape index (κ1) is 34.9. The maximum Gasteiger partial charge on any atom is 0.394 e. The molecular weight excluding hydrogens is 676 g/mol. The third-order valence-corrected chi connectivity index (χ3v) is 13.2. The van der Waals surface area contributed by atoms with Crippen LogP contribution in [0.4, 0.5) is 0 Å². The molecule has 2 N–H and O–H groups in total. The van der Waals surface area contributed by atoms with E-state index in [1.165, 1.54) is 22.3 Å². The van der Waals surface area contributed by atoms with Crippen LogP contribution in [0.3, 0.4) is 0 Å². The summed E-state index contributed by atoms with van der Waals surface area (Å²) in [6.45, 7) is 2.22. The first-order valence-corrected chi connectivity index (χ1v) is 19.1. The molecule has 0 aromatic heterocycles. The highest BCUT2D eigenvalue weighted by molar-refractivity contribution is 7.79. The van der Waals surface area contributed by atoms with Gasteiger partial charge in [0, 0.05) is 60.1 Å². The number of piperidine rings is 2. The summed E-state index contributed by atoms with van der Waals surface area (Å²) >= 11 is 0. The number of likely N-dealkylation sites (N-methyl/N-ethyl adjacent to an activating group) is 2. The maximum absolute atomic E-state index is 8.74. The summed E-state index contributed by atoms with van der Waals surface area (Å²) < 4.78 is 67.4. The molecule has 10 rings (SSSR count). The van der Waals surface area contributed by atoms with Gasteiger partial charge in [-0.2, -0.15) is 8.42 Å². The van der Waals surface area contributed by atoms with Crippen LogP contribution in [0.2, 0.25) is 0 Å². The second kappa shape index (κ2) is 12.5. The van der Waals surface area contributed by atoms with E-state index in [0.717, 1.165) is 61.8 Å². The van der Waals surface area contributed by atoms with E-state index in [-0.39, 0.29) is 35.2 Å². The van der Waals surface area contributed by atoms with Crippen molar-refractivity contribution < 1.29 is 45.9 Å². The highest BCUT2D eigenvalue weighted by Gasteiger charge is 2.66. The number of hydrogen-bond donors (Lipinski definition) is 2. The van der Waals surface area contributed by atoms with Crippen LogP contribution in [-0.2, 0) is 43.5 Å². The Morgan fingerprint density at radius 2 is 1.08 bits per heavy atom. The highest BCUT2D eigenvalue weighted by atomic mass is 32.3. The number of benzene rings is 2. The molecule has 0 saturated carbocycles. The molecule has 0 radical (unpaired) electrons. The standard InChI is InChI=1S/2C19H23NO3.H2O4S/c2*1-20-9-8-19-12-5-7-15(22-3)18(19)23-17-14(21-2)6-4-11(16(17)19)10-13(12)20;1-5(2,3)4/h2*4-7,12-13,15,18H,8-10H2,1-3H3;(H2,1,2,3,4)/t2*12-,13+,15?,18-,19-;/m00./s1. The Morgan fingerprint density at radius 1 is 0.686 bits per heavy atom. The van der Waals surface area contributed by atoms with E-state index in [2.05, 4.69) is 72.5 Å². The molecule has 4 aliphatic heterocycles. The lowest BCUT2D eigenvalue weighted by Crippen LogP contribution is -2.65. The van der Waals surface area contributed by atoms with Gasteiger partial charge in [-0.25, -0.2) is 0 Å². The van der Waals surface area contributed by atoms with Crippen LogP contribution in [0.1, 0.15) is 35.1 Å². The molecule has 4 aliphatic carbocycles. The summed E-state index contributed by atoms with van der Waals surface area (Å²) in [5.74, 6) is 4.65. The molecule has 276 valence electrons. The predicted octanol–water partition coefficient (Wildman–Crippen LogP) is 3.66. The number of likely N-dealkylation sites (tertiary alicyclic amines) is 2. The Labute approximate surface area is 299 Å². The lowest BCUT2D eigenvalue weighted by molar-refractivity contribution is -0.0581. The number of ether oxygens (including phenoxy) is 6. The summed E-state index contributed by atoms with van der Waals surface area (Å²) in [5.41, 5.74) is 5.77. The van der Waals surface area contributed by atoms with Crippen LogP contribution in [0, 0.1) is 11.8 Å². The number of methoxy groups -OCH3 is 4. The smallest absolute Gasteiger partial charge is 0.394 e. The first-order chi connectivity index (χ1) is 24.4. The zero-order chi connectivity index (χ0) is 36.0. The molecule has 2 saturated heterocycles. The van der Waals surface area contributed by atoms with Crippen molar-refractivity contribution in [2.75, 3.05) is 55.6 Å². The minimum Gasteiger partial charge on any atom is -0.493 e. The average Bonchev–Trinajstić information content (AvgIpc) is 3.64. The van der Waals surface area contributed by atoms with Gasteiger partial charge in [0.1, 0.15) is 24.4 Å². The maximum atomic E-state index is 8.74. The Kier molecular flexibility index (Phi) is 8.53. The normalized spacial score (nSPS) is 37.0. The molecule has 2 unspecified atom stereocenters. The van der Waals surface area contributed by atoms with Gasteiger partial charge in [0.2, 0.25) is 0 Å². The van der Waals surface area contributed by atoms with Gasteiger partial charge in [0.05, 0.1) is 14.2 Å². The molecule has 4 bridgehead atoms. The second-order valence-electron chi connectivity index (χ2n) is 15.1. The van der Waals surface area contributed by atoms with Crippen LogP contribution < -0.4 is 18.9 Å². The zero-order valence-electron chi connectivity index (χ0n) is 29.9. The molecule has 13 heteroatoms. The Morgan fingerprint density at radius 3 is 1.43 bits per heavy atom. The largest absolute Gasteiger partial charge is 0.493 e. The molecular formula is C38H48N2O10S. The number of rotatable bonds is 4. The Bertz CT molecular complexity index is 1760. The molecule has 4 heterocycles. The van der Waals surface area contributed by atoms with Crippen molar-refractivity contribution >= 4 is 10.4 Å². The zero-order valence-corrected chi connectivity index (χ0v) is 30.8. The molecule has 12 nitrogen and oxygen atoms in total. The lowest BCUT2D eigenvalue weighted by atomic mass is 9.53. The van der Waals surface area contributed by atoms with E-state index in [1.54, 1.807) is 28.4 Å². The molecule has 2 fully saturated rings. The molecule has 8 aliphatic rings. The van der Waals surface area contributed by atoms with Gasteiger partial charge in [-0.3, -0.25) is 9.11 Å². The van der Waals surface area contributed by atoms with Crippen molar-refractivity contribution in [3.8, 4) is 23.0 Å². The van der Waals surface area contributed by atoms with Crippen molar-refractivity contribution in [1.29, 1.82) is 0 Å². The summed E-state index contributed by atoms with van der Waals surface area (Å²) in [6.07, 6.45) is 13.8. The summed E-state index contributed by atoms with van der Waals surface area (Å²) in [7, 11) is 6.87. The van der Waals surface area contributed by atoms with E-state index in [1.807, 2.05) is 0 Å². The van der Waals surface area contributed by atoms with Crippen LogP contribution in [0.5, 0.6) is 23.0 Å². The summed E-state index contributed by atoms with van der Waals surface area (Å²) in [4.78, 5) is 5.05. The quantitative estimate of drug-likeness (QED) is 0.352. The fourth-order valence-corrected chi connectivity index (χ4v) is 11.1. The van der Waals surface area contributed by atoms with Gasteiger partial charge in [-0.1, -0.05) is 36.4 Å². The van der Waals surface area contributed by atoms with Gasteiger partial charge in [0.15, 0.2) is 23.0 Å². The van der Waals surface area contributed by atoms with Crippen molar-refractivity contribution in [1.82, 2.24) is 9.80 Å². The third-order valence-electron chi connectivity index (χ3n) is 13.2. The molecule has 51 heavy (non-hydrogen) atoms. The second-order valence-corrected chi connectivity index (χ2v) is 16.0. The SMILES string of the molecule is COc1ccc2c3c1O[C@H]1C(OC)C=C[C@H]4[C@@H](C2)N(C)CC[C@]314.COc1ccc2c3c1O[C@H]1C(OC)C=C[C@H]4[C@@H](C2)N(C)CC[C@]314.O=S(=O)(O)O. The number of hydrogen-bond acceptors (Lipinski definition) is 10. The minimum absolute atomic E-state index is 0.0124. The predicted molar refractivity (Wildman–Crippen MR) is 189 cm³/mol. The van der Waals surface area contributed by atoms with E-state index in [9.17, 15) is 0 Å². The minimum atomic E-state index is -4.67. The average molecular weight is 725 g/mol. The molecule has 2 aromatic carbocycles. The molecule has 10 atom stereocenters. The summed E-state index contributed by atoms with van der Waals surface area (Å²) in [6, 6.07) is 9.72.